The number of likely N-dealkylation sites (N-methyl/N-ethyl adjacent to an activating group) is 2. The van der Waals surface area contributed by atoms with Gasteiger partial charge < -0.3 is 14.5 Å². The van der Waals surface area contributed by atoms with Crippen LogP contribution in [0.15, 0.2) is 6.20 Å². The lowest BCUT2D eigenvalue weighted by Crippen LogP contribution is -2.44. The number of ketones is 1. The zero-order valence-electron chi connectivity index (χ0n) is 12.2. The average molecular weight is 301 g/mol. The number of nitrogens with zero attached hydrogens (tertiary/aromatic N) is 4. The van der Waals surface area contributed by atoms with Crippen LogP contribution in [0.5, 0.6) is 0 Å². The van der Waals surface area contributed by atoms with Crippen molar-refractivity contribution in [3.63, 3.8) is 0 Å². The van der Waals surface area contributed by atoms with Crippen molar-refractivity contribution >= 4 is 17.4 Å². The summed E-state index contributed by atoms with van der Waals surface area (Å²) in [5, 5.41) is 4.58. The Morgan fingerprint density at radius 3 is 3.00 bits per heavy atom. The second-order valence-electron chi connectivity index (χ2n) is 5.35. The summed E-state index contributed by atoms with van der Waals surface area (Å²) >= 11 is 6.12. The van der Waals surface area contributed by atoms with E-state index in [2.05, 4.69) is 10.00 Å². The lowest BCUT2D eigenvalue weighted by molar-refractivity contribution is -0.00918. The molecule has 0 aliphatic carbocycles. The molecule has 1 aliphatic rings. The molecule has 0 amide bonds. The first-order valence-corrected chi connectivity index (χ1v) is 7.07. The maximum atomic E-state index is 12.6. The van der Waals surface area contributed by atoms with Gasteiger partial charge in [0.1, 0.15) is 11.8 Å². The van der Waals surface area contributed by atoms with Gasteiger partial charge in [-0.1, -0.05) is 11.6 Å². The van der Waals surface area contributed by atoms with Crippen LogP contribution in [0.4, 0.5) is 0 Å². The van der Waals surface area contributed by atoms with Gasteiger partial charge in [0.05, 0.1) is 24.4 Å². The van der Waals surface area contributed by atoms with Crippen molar-refractivity contribution in [2.45, 2.75) is 12.6 Å². The van der Waals surface area contributed by atoms with E-state index in [4.69, 9.17) is 16.3 Å². The maximum absolute atomic E-state index is 12.6. The van der Waals surface area contributed by atoms with E-state index in [1.807, 2.05) is 26.0 Å². The van der Waals surface area contributed by atoms with Gasteiger partial charge in [-0.05, 0) is 21.1 Å². The minimum absolute atomic E-state index is 0.0854. The van der Waals surface area contributed by atoms with Crippen LogP contribution in [0.3, 0.4) is 0 Å². The Morgan fingerprint density at radius 2 is 2.35 bits per heavy atom. The van der Waals surface area contributed by atoms with Crippen molar-refractivity contribution in [3.8, 4) is 0 Å². The first-order valence-electron chi connectivity index (χ1n) is 6.69. The molecule has 1 aromatic rings. The summed E-state index contributed by atoms with van der Waals surface area (Å²) in [6, 6.07) is 0. The van der Waals surface area contributed by atoms with Gasteiger partial charge in [0.25, 0.3) is 0 Å². The Hall–Kier alpha value is -0.950. The highest BCUT2D eigenvalue weighted by Gasteiger charge is 2.30. The largest absolute Gasteiger partial charge is 0.367 e. The summed E-state index contributed by atoms with van der Waals surface area (Å²) in [6.45, 7) is 3.43. The van der Waals surface area contributed by atoms with Crippen LogP contribution in [-0.2, 0) is 11.3 Å². The summed E-state index contributed by atoms with van der Waals surface area (Å²) in [4.78, 5) is 16.7. The summed E-state index contributed by atoms with van der Waals surface area (Å²) in [5.74, 6) is -0.0854. The summed E-state index contributed by atoms with van der Waals surface area (Å²) < 4.78 is 7.24. The fourth-order valence-corrected chi connectivity index (χ4v) is 2.39. The number of Topliss-reactive ketones (excluding diaryl/α,β-unsaturated/α-hetero) is 1. The Labute approximate surface area is 124 Å². The smallest absolute Gasteiger partial charge is 0.212 e. The van der Waals surface area contributed by atoms with Gasteiger partial charge in [0, 0.05) is 19.6 Å². The first-order chi connectivity index (χ1) is 9.49. The molecule has 0 spiro atoms. The van der Waals surface area contributed by atoms with E-state index < -0.39 is 6.10 Å². The standard InChI is InChI=1S/C13H21ClN4O2/c1-16(2)4-5-18-12(10(14)8-15-18)13(19)11-9-17(3)6-7-20-11/h8,11H,4-7,9H2,1-3H3. The predicted molar refractivity (Wildman–Crippen MR) is 77.4 cm³/mol. The molecule has 1 aromatic heterocycles. The number of carbonyl (C=O) groups excluding carboxylic acids is 1. The van der Waals surface area contributed by atoms with E-state index in [9.17, 15) is 4.79 Å². The third-order valence-corrected chi connectivity index (χ3v) is 3.63. The molecule has 7 heteroatoms. The van der Waals surface area contributed by atoms with Gasteiger partial charge in [-0.15, -0.1) is 0 Å². The van der Waals surface area contributed by atoms with Crippen molar-refractivity contribution < 1.29 is 9.53 Å². The number of aromatic nitrogens is 2. The van der Waals surface area contributed by atoms with Crippen molar-refractivity contribution in [1.82, 2.24) is 19.6 Å². The number of morpholine rings is 1. The fraction of sp³-hybridized carbons (Fsp3) is 0.692. The van der Waals surface area contributed by atoms with Crippen molar-refractivity contribution in [2.24, 2.45) is 0 Å². The molecule has 2 rings (SSSR count). The lowest BCUT2D eigenvalue weighted by Gasteiger charge is -2.29. The Bertz CT molecular complexity index is 475. The SMILES string of the molecule is CN(C)CCn1ncc(Cl)c1C(=O)C1CN(C)CCO1. The van der Waals surface area contributed by atoms with Gasteiger partial charge in [-0.2, -0.15) is 5.10 Å². The highest BCUT2D eigenvalue weighted by molar-refractivity contribution is 6.33. The van der Waals surface area contributed by atoms with Gasteiger partial charge in [0.2, 0.25) is 5.78 Å². The minimum Gasteiger partial charge on any atom is -0.367 e. The Kier molecular flexibility index (Phi) is 5.15. The molecule has 2 heterocycles. The van der Waals surface area contributed by atoms with Crippen LogP contribution in [-0.4, -0.2) is 78.9 Å². The third-order valence-electron chi connectivity index (χ3n) is 3.35. The summed E-state index contributed by atoms with van der Waals surface area (Å²) in [7, 11) is 5.94. The van der Waals surface area contributed by atoms with E-state index in [-0.39, 0.29) is 5.78 Å². The van der Waals surface area contributed by atoms with Gasteiger partial charge >= 0.3 is 0 Å². The minimum atomic E-state index is -0.457. The Morgan fingerprint density at radius 1 is 1.60 bits per heavy atom. The topological polar surface area (TPSA) is 50.6 Å². The van der Waals surface area contributed by atoms with Crippen LogP contribution in [0, 0.1) is 0 Å². The Balaban J connectivity index is 2.14. The first kappa shape index (κ1) is 15.4. The number of halogens is 1. The molecular weight excluding hydrogens is 280 g/mol. The quantitative estimate of drug-likeness (QED) is 0.746. The molecule has 6 nitrogen and oxygen atoms in total. The van der Waals surface area contributed by atoms with E-state index in [1.165, 1.54) is 6.20 Å². The second-order valence-corrected chi connectivity index (χ2v) is 5.76. The fourth-order valence-electron chi connectivity index (χ4n) is 2.16. The van der Waals surface area contributed by atoms with E-state index in [1.54, 1.807) is 4.68 Å². The molecule has 0 aromatic carbocycles. The molecule has 0 bridgehead atoms. The highest BCUT2D eigenvalue weighted by atomic mass is 35.5. The monoisotopic (exact) mass is 300 g/mol. The molecule has 0 N–H and O–H groups in total. The molecule has 1 atom stereocenters. The summed E-state index contributed by atoms with van der Waals surface area (Å²) in [6.07, 6.45) is 1.07. The average Bonchev–Trinajstić information content (AvgIpc) is 2.76. The molecule has 20 heavy (non-hydrogen) atoms. The zero-order chi connectivity index (χ0) is 14.7. The molecule has 1 unspecified atom stereocenters. The van der Waals surface area contributed by atoms with Crippen molar-refractivity contribution in [2.75, 3.05) is 47.4 Å². The van der Waals surface area contributed by atoms with E-state index >= 15 is 0 Å². The number of carbonyl (C=O) groups is 1. The third kappa shape index (κ3) is 3.58. The molecule has 0 saturated carbocycles. The number of ether oxygens (including phenoxy) is 1. The zero-order valence-corrected chi connectivity index (χ0v) is 12.9. The van der Waals surface area contributed by atoms with Crippen LogP contribution < -0.4 is 0 Å². The van der Waals surface area contributed by atoms with Crippen molar-refractivity contribution in [3.05, 3.63) is 16.9 Å². The lowest BCUT2D eigenvalue weighted by atomic mass is 10.1. The molecule has 1 fully saturated rings. The van der Waals surface area contributed by atoms with Crippen LogP contribution >= 0.6 is 11.6 Å². The van der Waals surface area contributed by atoms with E-state index in [0.717, 1.165) is 13.1 Å². The summed E-state index contributed by atoms with van der Waals surface area (Å²) in [5.41, 5.74) is 0.453. The van der Waals surface area contributed by atoms with Gasteiger partial charge in [-0.3, -0.25) is 9.48 Å². The van der Waals surface area contributed by atoms with Gasteiger partial charge in [-0.25, -0.2) is 0 Å². The van der Waals surface area contributed by atoms with E-state index in [0.29, 0.717) is 30.4 Å². The predicted octanol–water partition coefficient (Wildman–Crippen LogP) is 0.611. The molecule has 0 radical (unpaired) electrons. The number of rotatable bonds is 5. The molecule has 112 valence electrons. The molecule has 1 aliphatic heterocycles. The van der Waals surface area contributed by atoms with Crippen LogP contribution in [0.2, 0.25) is 5.02 Å². The molecule has 1 saturated heterocycles. The highest BCUT2D eigenvalue weighted by Crippen LogP contribution is 2.19. The van der Waals surface area contributed by atoms with Crippen LogP contribution in [0.1, 0.15) is 10.5 Å². The normalized spacial score (nSPS) is 20.6. The maximum Gasteiger partial charge on any atom is 0.212 e. The van der Waals surface area contributed by atoms with Crippen LogP contribution in [0.25, 0.3) is 0 Å². The number of hydrogen-bond donors (Lipinski definition) is 0. The second kappa shape index (κ2) is 6.67. The number of hydrogen-bond acceptors (Lipinski definition) is 5. The van der Waals surface area contributed by atoms with Gasteiger partial charge in [0.15, 0.2) is 0 Å². The van der Waals surface area contributed by atoms with Crippen molar-refractivity contribution in [1.29, 1.82) is 0 Å². The molecular formula is C13H21ClN4O2.